The Morgan fingerprint density at radius 3 is 1.47 bits per heavy atom. The van der Waals surface area contributed by atoms with Crippen molar-refractivity contribution in [3.05, 3.63) is 0 Å². The van der Waals surface area contributed by atoms with Crippen molar-refractivity contribution < 1.29 is 18.3 Å². The third-order valence-electron chi connectivity index (χ3n) is 2.96. The second-order valence-electron chi connectivity index (χ2n) is 5.83. The fourth-order valence-corrected chi connectivity index (χ4v) is 1.04. The zero-order valence-corrected chi connectivity index (χ0v) is 11.9. The van der Waals surface area contributed by atoms with E-state index in [4.69, 9.17) is 5.11 Å². The molecule has 0 spiro atoms. The molecular formula is C13H27F3O. The maximum absolute atomic E-state index is 11.3. The van der Waals surface area contributed by atoms with E-state index in [1.165, 1.54) is 0 Å². The lowest BCUT2D eigenvalue weighted by molar-refractivity contribution is -0.141. The fraction of sp³-hybridized carbons (Fsp3) is 1.00. The molecule has 0 bridgehead atoms. The van der Waals surface area contributed by atoms with Gasteiger partial charge in [-0.1, -0.05) is 41.5 Å². The standard InChI is InChI=1S/C8H18O.C5H9F3/c1-7(2)8(3,4)5-6-9;1-4(2)3-5(6,7)8/h7,9H,5-6H2,1-4H3;4H,3H2,1-2H3. The van der Waals surface area contributed by atoms with Gasteiger partial charge in [0.2, 0.25) is 0 Å². The van der Waals surface area contributed by atoms with E-state index in [1.54, 1.807) is 13.8 Å². The first kappa shape index (κ1) is 19.1. The number of rotatable bonds is 4. The summed E-state index contributed by atoms with van der Waals surface area (Å²) in [7, 11) is 0. The molecule has 4 heteroatoms. The molecule has 0 saturated carbocycles. The van der Waals surface area contributed by atoms with E-state index >= 15 is 0 Å². The molecule has 0 saturated heterocycles. The zero-order chi connectivity index (χ0) is 14.3. The van der Waals surface area contributed by atoms with Crippen LogP contribution in [0.4, 0.5) is 13.2 Å². The monoisotopic (exact) mass is 256 g/mol. The normalized spacial score (nSPS) is 12.7. The summed E-state index contributed by atoms with van der Waals surface area (Å²) in [6.07, 6.45) is -3.74. The number of hydrogen-bond acceptors (Lipinski definition) is 1. The van der Waals surface area contributed by atoms with Crippen LogP contribution in [0.2, 0.25) is 0 Å². The van der Waals surface area contributed by atoms with Gasteiger partial charge in [-0.15, -0.1) is 0 Å². The highest BCUT2D eigenvalue weighted by molar-refractivity contribution is 4.71. The molecule has 0 unspecified atom stereocenters. The minimum absolute atomic E-state index is 0.282. The highest BCUT2D eigenvalue weighted by Crippen LogP contribution is 2.29. The molecule has 0 heterocycles. The molecule has 1 N–H and O–H groups in total. The Morgan fingerprint density at radius 1 is 1.00 bits per heavy atom. The molecule has 1 nitrogen and oxygen atoms in total. The summed E-state index contributed by atoms with van der Waals surface area (Å²) >= 11 is 0. The van der Waals surface area contributed by atoms with Crippen molar-refractivity contribution in [2.45, 2.75) is 60.6 Å². The quantitative estimate of drug-likeness (QED) is 0.776. The highest BCUT2D eigenvalue weighted by Gasteiger charge is 2.27. The Balaban J connectivity index is 0. The van der Waals surface area contributed by atoms with Crippen molar-refractivity contribution >= 4 is 0 Å². The topological polar surface area (TPSA) is 20.2 Å². The van der Waals surface area contributed by atoms with E-state index in [9.17, 15) is 13.2 Å². The van der Waals surface area contributed by atoms with Gasteiger partial charge in [-0.3, -0.25) is 0 Å². The average Bonchev–Trinajstić information content (AvgIpc) is 1.99. The summed E-state index contributed by atoms with van der Waals surface area (Å²) < 4.78 is 33.9. The number of halogens is 3. The summed E-state index contributed by atoms with van der Waals surface area (Å²) in [4.78, 5) is 0. The van der Waals surface area contributed by atoms with E-state index in [0.717, 1.165) is 6.42 Å². The Bertz CT molecular complexity index is 184. The number of hydrogen-bond donors (Lipinski definition) is 1. The van der Waals surface area contributed by atoms with Gasteiger partial charge in [-0.2, -0.15) is 13.2 Å². The first-order chi connectivity index (χ1) is 7.42. The van der Waals surface area contributed by atoms with Crippen molar-refractivity contribution in [1.82, 2.24) is 0 Å². The molecular weight excluding hydrogens is 229 g/mol. The fourth-order valence-electron chi connectivity index (χ4n) is 1.04. The number of aliphatic hydroxyl groups is 1. The molecule has 17 heavy (non-hydrogen) atoms. The van der Waals surface area contributed by atoms with Gasteiger partial charge in [-0.05, 0) is 23.7 Å². The highest BCUT2D eigenvalue weighted by atomic mass is 19.4. The molecule has 0 rings (SSSR count). The minimum atomic E-state index is -3.98. The van der Waals surface area contributed by atoms with Crippen LogP contribution in [0.25, 0.3) is 0 Å². The van der Waals surface area contributed by atoms with E-state index in [2.05, 4.69) is 27.7 Å². The molecule has 0 radical (unpaired) electrons. The van der Waals surface area contributed by atoms with Crippen molar-refractivity contribution in [2.24, 2.45) is 17.3 Å². The van der Waals surface area contributed by atoms with Crippen LogP contribution in [0.3, 0.4) is 0 Å². The maximum Gasteiger partial charge on any atom is 0.389 e. The largest absolute Gasteiger partial charge is 0.396 e. The summed E-state index contributed by atoms with van der Waals surface area (Å²) in [5, 5.41) is 8.65. The molecule has 0 aromatic heterocycles. The number of alkyl halides is 3. The zero-order valence-electron chi connectivity index (χ0n) is 11.9. The van der Waals surface area contributed by atoms with E-state index in [-0.39, 0.29) is 5.92 Å². The lowest BCUT2D eigenvalue weighted by Gasteiger charge is -2.27. The molecule has 106 valence electrons. The second-order valence-corrected chi connectivity index (χ2v) is 5.83. The minimum Gasteiger partial charge on any atom is -0.396 e. The van der Waals surface area contributed by atoms with Gasteiger partial charge < -0.3 is 5.11 Å². The van der Waals surface area contributed by atoms with Gasteiger partial charge in [0.15, 0.2) is 0 Å². The molecule has 0 atom stereocenters. The van der Waals surface area contributed by atoms with Gasteiger partial charge in [0.05, 0.1) is 0 Å². The van der Waals surface area contributed by atoms with Crippen molar-refractivity contribution in [1.29, 1.82) is 0 Å². The van der Waals surface area contributed by atoms with Crippen LogP contribution in [-0.4, -0.2) is 17.9 Å². The van der Waals surface area contributed by atoms with Crippen LogP contribution < -0.4 is 0 Å². The van der Waals surface area contributed by atoms with Gasteiger partial charge in [0, 0.05) is 13.0 Å². The van der Waals surface area contributed by atoms with Crippen LogP contribution in [0.1, 0.15) is 54.4 Å². The average molecular weight is 256 g/mol. The smallest absolute Gasteiger partial charge is 0.389 e. The summed E-state index contributed by atoms with van der Waals surface area (Å²) in [6, 6.07) is 0. The lowest BCUT2D eigenvalue weighted by atomic mass is 9.79. The molecule has 0 amide bonds. The second kappa shape index (κ2) is 7.96. The van der Waals surface area contributed by atoms with Crippen LogP contribution in [-0.2, 0) is 0 Å². The predicted molar refractivity (Wildman–Crippen MR) is 65.8 cm³/mol. The first-order valence-electron chi connectivity index (χ1n) is 6.10. The van der Waals surface area contributed by atoms with Gasteiger partial charge in [0.25, 0.3) is 0 Å². The SMILES string of the molecule is CC(C)C(C)(C)CCO.CC(C)CC(F)(F)F. The van der Waals surface area contributed by atoms with Crippen LogP contribution in [0.15, 0.2) is 0 Å². The Kier molecular flexibility index (Phi) is 8.94. The molecule has 0 fully saturated rings. The molecule has 0 aromatic rings. The Hall–Kier alpha value is -0.250. The van der Waals surface area contributed by atoms with Crippen molar-refractivity contribution in [3.8, 4) is 0 Å². The van der Waals surface area contributed by atoms with E-state index in [0.29, 0.717) is 17.9 Å². The maximum atomic E-state index is 11.3. The molecule has 0 aromatic carbocycles. The third-order valence-corrected chi connectivity index (χ3v) is 2.96. The third kappa shape index (κ3) is 13.7. The van der Waals surface area contributed by atoms with Gasteiger partial charge >= 0.3 is 6.18 Å². The first-order valence-corrected chi connectivity index (χ1v) is 6.10. The summed E-state index contributed by atoms with van der Waals surface area (Å²) in [5.41, 5.74) is 0.300. The van der Waals surface area contributed by atoms with Crippen LogP contribution in [0, 0.1) is 17.3 Å². The van der Waals surface area contributed by atoms with Crippen molar-refractivity contribution in [3.63, 3.8) is 0 Å². The van der Waals surface area contributed by atoms with E-state index < -0.39 is 12.6 Å². The Morgan fingerprint density at radius 2 is 1.41 bits per heavy atom. The van der Waals surface area contributed by atoms with Crippen LogP contribution >= 0.6 is 0 Å². The Labute approximate surface area is 103 Å². The summed E-state index contributed by atoms with van der Waals surface area (Å²) in [6.45, 7) is 12.2. The molecule has 0 aliphatic rings. The predicted octanol–water partition coefficient (Wildman–Crippen LogP) is 4.65. The lowest BCUT2D eigenvalue weighted by Crippen LogP contribution is -2.20. The van der Waals surface area contributed by atoms with Gasteiger partial charge in [-0.25, -0.2) is 0 Å². The molecule has 0 aliphatic carbocycles. The van der Waals surface area contributed by atoms with Crippen LogP contribution in [0.5, 0.6) is 0 Å². The summed E-state index contributed by atoms with van der Waals surface area (Å²) in [5.74, 6) is 0.375. The van der Waals surface area contributed by atoms with E-state index in [1.807, 2.05) is 0 Å². The molecule has 0 aliphatic heterocycles. The van der Waals surface area contributed by atoms with Gasteiger partial charge in [0.1, 0.15) is 0 Å². The van der Waals surface area contributed by atoms with Crippen molar-refractivity contribution in [2.75, 3.05) is 6.61 Å². The number of aliphatic hydroxyl groups excluding tert-OH is 1.